The first-order chi connectivity index (χ1) is 8.49. The van der Waals surface area contributed by atoms with Gasteiger partial charge in [0.2, 0.25) is 0 Å². The summed E-state index contributed by atoms with van der Waals surface area (Å²) in [6, 6.07) is 3.87. The molecule has 1 heterocycles. The van der Waals surface area contributed by atoms with E-state index in [9.17, 15) is 10.1 Å². The summed E-state index contributed by atoms with van der Waals surface area (Å²) >= 11 is 0. The van der Waals surface area contributed by atoms with Gasteiger partial charge in [-0.25, -0.2) is 9.97 Å². The second kappa shape index (κ2) is 6.25. The number of aryl methyl sites for hydroxylation is 2. The lowest BCUT2D eigenvalue weighted by molar-refractivity contribution is -0.123. The molecule has 0 radical (unpaired) electrons. The van der Waals surface area contributed by atoms with Crippen LogP contribution >= 0.6 is 0 Å². The molecule has 0 amide bonds. The highest BCUT2D eigenvalue weighted by Crippen LogP contribution is 2.20. The quantitative estimate of drug-likeness (QED) is 0.800. The first-order valence-corrected chi connectivity index (χ1v) is 6.25. The molecule has 1 aromatic rings. The number of nitriles is 1. The highest BCUT2D eigenvalue weighted by Gasteiger charge is 2.27. The molecule has 0 bridgehead atoms. The van der Waals surface area contributed by atoms with E-state index in [0.717, 1.165) is 24.2 Å². The van der Waals surface area contributed by atoms with Crippen LogP contribution in [0.4, 0.5) is 0 Å². The molecule has 1 rings (SSSR count). The highest BCUT2D eigenvalue weighted by atomic mass is 16.1. The molecule has 0 spiro atoms. The van der Waals surface area contributed by atoms with Crippen LogP contribution in [0.15, 0.2) is 6.07 Å². The predicted molar refractivity (Wildman–Crippen MR) is 68.9 cm³/mol. The highest BCUT2D eigenvalue weighted by molar-refractivity contribution is 5.89. The number of Topliss-reactive ketones (excluding diaryl/α,β-unsaturated/α-hetero) is 1. The first-order valence-electron chi connectivity index (χ1n) is 6.25. The molecule has 4 nitrogen and oxygen atoms in total. The fraction of sp³-hybridized carbons (Fsp3) is 0.571. The number of hydrogen-bond acceptors (Lipinski definition) is 4. The van der Waals surface area contributed by atoms with Crippen molar-refractivity contribution in [2.24, 2.45) is 5.92 Å². The zero-order chi connectivity index (χ0) is 13.7. The molecular weight excluding hydrogens is 226 g/mol. The van der Waals surface area contributed by atoms with Crippen molar-refractivity contribution in [2.45, 2.75) is 46.5 Å². The van der Waals surface area contributed by atoms with Gasteiger partial charge in [0.05, 0.1) is 6.07 Å². The average molecular weight is 245 g/mol. The Morgan fingerprint density at radius 1 is 1.39 bits per heavy atom. The van der Waals surface area contributed by atoms with Crippen molar-refractivity contribution >= 4 is 5.78 Å². The van der Waals surface area contributed by atoms with Gasteiger partial charge in [0, 0.05) is 17.3 Å². The van der Waals surface area contributed by atoms with E-state index in [1.165, 1.54) is 0 Å². The van der Waals surface area contributed by atoms with Crippen molar-refractivity contribution < 1.29 is 4.79 Å². The van der Waals surface area contributed by atoms with E-state index in [2.05, 4.69) is 9.97 Å². The topological polar surface area (TPSA) is 66.6 Å². The minimum Gasteiger partial charge on any atom is -0.297 e. The number of nitrogens with zero attached hydrogens (tertiary/aromatic N) is 3. The SMILES string of the molecule is CCCC(C)C(=O)C(C#N)c1nc(C)cc(C)n1. The summed E-state index contributed by atoms with van der Waals surface area (Å²) in [6.45, 7) is 7.57. The summed E-state index contributed by atoms with van der Waals surface area (Å²) in [5, 5.41) is 9.20. The lowest BCUT2D eigenvalue weighted by Gasteiger charge is -2.13. The first kappa shape index (κ1) is 14.3. The lowest BCUT2D eigenvalue weighted by Crippen LogP contribution is -2.21. The van der Waals surface area contributed by atoms with Gasteiger partial charge < -0.3 is 0 Å². The van der Waals surface area contributed by atoms with Gasteiger partial charge in [0.25, 0.3) is 0 Å². The van der Waals surface area contributed by atoms with E-state index in [0.29, 0.717) is 5.82 Å². The largest absolute Gasteiger partial charge is 0.297 e. The molecule has 2 atom stereocenters. The summed E-state index contributed by atoms with van der Waals surface area (Å²) in [6.07, 6.45) is 1.72. The van der Waals surface area contributed by atoms with Crippen molar-refractivity contribution in [3.8, 4) is 6.07 Å². The normalized spacial score (nSPS) is 13.7. The minimum atomic E-state index is -0.842. The summed E-state index contributed by atoms with van der Waals surface area (Å²) in [7, 11) is 0. The number of carbonyl (C=O) groups excluding carboxylic acids is 1. The van der Waals surface area contributed by atoms with Crippen molar-refractivity contribution in [3.63, 3.8) is 0 Å². The van der Waals surface area contributed by atoms with Gasteiger partial charge in [0.15, 0.2) is 17.5 Å². The summed E-state index contributed by atoms with van der Waals surface area (Å²) in [5.74, 6) is -0.707. The van der Waals surface area contributed by atoms with Crippen LogP contribution in [0.2, 0.25) is 0 Å². The monoisotopic (exact) mass is 245 g/mol. The van der Waals surface area contributed by atoms with Crippen LogP contribution in [0, 0.1) is 31.1 Å². The molecule has 0 saturated carbocycles. The van der Waals surface area contributed by atoms with Gasteiger partial charge in [-0.05, 0) is 26.3 Å². The van der Waals surface area contributed by atoms with Crippen LogP contribution in [0.3, 0.4) is 0 Å². The van der Waals surface area contributed by atoms with Gasteiger partial charge in [-0.2, -0.15) is 5.26 Å². The van der Waals surface area contributed by atoms with Crippen LogP contribution in [0.5, 0.6) is 0 Å². The third kappa shape index (κ3) is 3.36. The molecule has 18 heavy (non-hydrogen) atoms. The Labute approximate surface area is 108 Å². The zero-order valence-electron chi connectivity index (χ0n) is 11.4. The van der Waals surface area contributed by atoms with E-state index in [4.69, 9.17) is 0 Å². The summed E-state index contributed by atoms with van der Waals surface area (Å²) < 4.78 is 0. The van der Waals surface area contributed by atoms with Crippen LogP contribution in [0.1, 0.15) is 49.8 Å². The smallest absolute Gasteiger partial charge is 0.164 e. The fourth-order valence-corrected chi connectivity index (χ4v) is 1.99. The number of ketones is 1. The van der Waals surface area contributed by atoms with Crippen LogP contribution in [0.25, 0.3) is 0 Å². The molecule has 2 unspecified atom stereocenters. The number of hydrogen-bond donors (Lipinski definition) is 0. The van der Waals surface area contributed by atoms with Crippen molar-refractivity contribution in [1.82, 2.24) is 9.97 Å². The standard InChI is InChI=1S/C14H19N3O/c1-5-6-9(2)13(18)12(8-15)14-16-10(3)7-11(4)17-14/h7,9,12H,5-6H2,1-4H3. The molecule has 0 aliphatic rings. The molecular formula is C14H19N3O. The van der Waals surface area contributed by atoms with Crippen LogP contribution in [-0.2, 0) is 4.79 Å². The molecule has 1 aromatic heterocycles. The Hall–Kier alpha value is -1.76. The Morgan fingerprint density at radius 3 is 2.39 bits per heavy atom. The van der Waals surface area contributed by atoms with Gasteiger partial charge in [-0.1, -0.05) is 20.3 Å². The molecule has 0 saturated heterocycles. The van der Waals surface area contributed by atoms with Crippen molar-refractivity contribution in [2.75, 3.05) is 0 Å². The second-order valence-corrected chi connectivity index (χ2v) is 4.66. The number of rotatable bonds is 5. The molecule has 0 N–H and O–H groups in total. The molecule has 0 aromatic carbocycles. The third-order valence-corrected chi connectivity index (χ3v) is 2.88. The maximum absolute atomic E-state index is 12.2. The van der Waals surface area contributed by atoms with Gasteiger partial charge in [-0.3, -0.25) is 4.79 Å². The van der Waals surface area contributed by atoms with Gasteiger partial charge >= 0.3 is 0 Å². The van der Waals surface area contributed by atoms with E-state index < -0.39 is 5.92 Å². The van der Waals surface area contributed by atoms with Crippen LogP contribution < -0.4 is 0 Å². The fourth-order valence-electron chi connectivity index (χ4n) is 1.99. The zero-order valence-corrected chi connectivity index (χ0v) is 11.4. The Kier molecular flexibility index (Phi) is 4.96. The van der Waals surface area contributed by atoms with Crippen molar-refractivity contribution in [1.29, 1.82) is 5.26 Å². The second-order valence-electron chi connectivity index (χ2n) is 4.66. The number of carbonyl (C=O) groups is 1. The third-order valence-electron chi connectivity index (χ3n) is 2.88. The maximum Gasteiger partial charge on any atom is 0.164 e. The summed E-state index contributed by atoms with van der Waals surface area (Å²) in [5.41, 5.74) is 1.57. The molecule has 96 valence electrons. The van der Waals surface area contributed by atoms with E-state index in [-0.39, 0.29) is 11.7 Å². The Morgan fingerprint density at radius 2 is 1.94 bits per heavy atom. The predicted octanol–water partition coefficient (Wildman–Crippen LogP) is 2.71. The Balaban J connectivity index is 3.03. The van der Waals surface area contributed by atoms with Crippen molar-refractivity contribution in [3.05, 3.63) is 23.3 Å². The van der Waals surface area contributed by atoms with E-state index in [1.807, 2.05) is 39.8 Å². The molecule has 4 heteroatoms. The lowest BCUT2D eigenvalue weighted by atomic mass is 9.91. The number of aromatic nitrogens is 2. The molecule has 0 aliphatic heterocycles. The Bertz CT molecular complexity index is 456. The van der Waals surface area contributed by atoms with Gasteiger partial charge in [0.1, 0.15) is 0 Å². The summed E-state index contributed by atoms with van der Waals surface area (Å²) in [4.78, 5) is 20.6. The van der Waals surface area contributed by atoms with Gasteiger partial charge in [-0.15, -0.1) is 0 Å². The maximum atomic E-state index is 12.2. The molecule has 0 fully saturated rings. The van der Waals surface area contributed by atoms with E-state index in [1.54, 1.807) is 0 Å². The molecule has 0 aliphatic carbocycles. The minimum absolute atomic E-state index is 0.0793. The average Bonchev–Trinajstić information content (AvgIpc) is 2.28. The van der Waals surface area contributed by atoms with Crippen LogP contribution in [-0.4, -0.2) is 15.8 Å². The van der Waals surface area contributed by atoms with E-state index >= 15 is 0 Å².